The Kier molecular flexibility index (Phi) is 2.54. The highest BCUT2D eigenvalue weighted by Gasteiger charge is 2.18. The Bertz CT molecular complexity index is 1280. The van der Waals surface area contributed by atoms with E-state index in [4.69, 9.17) is 0 Å². The van der Waals surface area contributed by atoms with E-state index in [0.29, 0.717) is 11.1 Å². The zero-order valence-electron chi connectivity index (χ0n) is 12.7. The van der Waals surface area contributed by atoms with Crippen LogP contribution in [-0.4, -0.2) is 12.6 Å². The molecule has 5 rings (SSSR count). The lowest BCUT2D eigenvalue weighted by atomic mass is 9.86. The molecular weight excluding hydrogens is 296 g/mol. The maximum Gasteiger partial charge on any atom is 0.151 e. The van der Waals surface area contributed by atoms with Crippen LogP contribution in [0, 0.1) is 0 Å². The van der Waals surface area contributed by atoms with E-state index in [-0.39, 0.29) is 0 Å². The summed E-state index contributed by atoms with van der Waals surface area (Å²) in [5.41, 5.74) is 1.16. The molecule has 0 aliphatic heterocycles. The maximum absolute atomic E-state index is 11.9. The number of hydrogen-bond donors (Lipinski definition) is 0. The molecule has 24 heavy (non-hydrogen) atoms. The molecular formula is C22H12O2. The van der Waals surface area contributed by atoms with Gasteiger partial charge in [0.05, 0.1) is 0 Å². The minimum atomic E-state index is 0.569. The summed E-state index contributed by atoms with van der Waals surface area (Å²) in [5, 5.41) is 8.05. The fourth-order valence-corrected chi connectivity index (χ4v) is 3.99. The number of hydrogen-bond acceptors (Lipinski definition) is 2. The van der Waals surface area contributed by atoms with Crippen molar-refractivity contribution in [2.45, 2.75) is 0 Å². The minimum Gasteiger partial charge on any atom is -0.298 e. The monoisotopic (exact) mass is 308 g/mol. The van der Waals surface area contributed by atoms with Gasteiger partial charge in [0.15, 0.2) is 12.6 Å². The molecule has 2 heteroatoms. The van der Waals surface area contributed by atoms with E-state index < -0.39 is 0 Å². The van der Waals surface area contributed by atoms with E-state index in [0.717, 1.165) is 55.7 Å². The molecule has 0 bridgehead atoms. The smallest absolute Gasteiger partial charge is 0.151 e. The van der Waals surface area contributed by atoms with E-state index in [2.05, 4.69) is 18.2 Å². The van der Waals surface area contributed by atoms with Crippen LogP contribution in [0.4, 0.5) is 0 Å². The van der Waals surface area contributed by atoms with Crippen LogP contribution < -0.4 is 0 Å². The van der Waals surface area contributed by atoms with Crippen molar-refractivity contribution in [1.82, 2.24) is 0 Å². The standard InChI is InChI=1S/C22H12O2/c23-11-15-10-14-5-3-4-13-8-9-18-16-6-1-2-7-17(16)19(12-24)21(15)22(18)20(13)14/h1-12H. The molecule has 0 saturated heterocycles. The first kappa shape index (κ1) is 13.2. The first-order valence-electron chi connectivity index (χ1n) is 7.86. The molecule has 0 radical (unpaired) electrons. The SMILES string of the molecule is O=Cc1cc2cccc3ccc4c5ccccc5c(C=O)c1c4c32. The molecule has 0 N–H and O–H groups in total. The van der Waals surface area contributed by atoms with Gasteiger partial charge < -0.3 is 0 Å². The number of benzene rings is 5. The van der Waals surface area contributed by atoms with Crippen LogP contribution in [0.15, 0.2) is 60.7 Å². The van der Waals surface area contributed by atoms with E-state index in [9.17, 15) is 9.59 Å². The summed E-state index contributed by atoms with van der Waals surface area (Å²) >= 11 is 0. The number of carbonyl (C=O) groups is 2. The zero-order chi connectivity index (χ0) is 16.3. The van der Waals surface area contributed by atoms with Crippen LogP contribution >= 0.6 is 0 Å². The van der Waals surface area contributed by atoms with Gasteiger partial charge in [-0.05, 0) is 43.8 Å². The summed E-state index contributed by atoms with van der Waals surface area (Å²) in [6.07, 6.45) is 1.73. The van der Waals surface area contributed by atoms with Crippen LogP contribution in [0.25, 0.3) is 43.1 Å². The highest BCUT2D eigenvalue weighted by atomic mass is 16.1. The second-order valence-corrected chi connectivity index (χ2v) is 6.10. The molecule has 0 saturated carbocycles. The third-order valence-corrected chi connectivity index (χ3v) is 4.95. The van der Waals surface area contributed by atoms with Crippen molar-refractivity contribution in [2.75, 3.05) is 0 Å². The predicted molar refractivity (Wildman–Crippen MR) is 98.4 cm³/mol. The topological polar surface area (TPSA) is 34.1 Å². The largest absolute Gasteiger partial charge is 0.298 e. The lowest BCUT2D eigenvalue weighted by molar-refractivity contribution is 0.112. The van der Waals surface area contributed by atoms with Crippen LogP contribution in [0.5, 0.6) is 0 Å². The highest BCUT2D eigenvalue weighted by molar-refractivity contribution is 6.34. The molecule has 0 heterocycles. The van der Waals surface area contributed by atoms with Crippen molar-refractivity contribution in [3.8, 4) is 0 Å². The number of aldehydes is 2. The van der Waals surface area contributed by atoms with Crippen LogP contribution in [-0.2, 0) is 0 Å². The van der Waals surface area contributed by atoms with Crippen molar-refractivity contribution in [1.29, 1.82) is 0 Å². The van der Waals surface area contributed by atoms with Crippen molar-refractivity contribution >= 4 is 55.7 Å². The van der Waals surface area contributed by atoms with Gasteiger partial charge in [0.2, 0.25) is 0 Å². The van der Waals surface area contributed by atoms with Gasteiger partial charge in [-0.2, -0.15) is 0 Å². The summed E-state index contributed by atoms with van der Waals surface area (Å²) < 4.78 is 0. The second-order valence-electron chi connectivity index (χ2n) is 6.10. The zero-order valence-corrected chi connectivity index (χ0v) is 12.7. The van der Waals surface area contributed by atoms with Gasteiger partial charge in [-0.1, -0.05) is 54.6 Å². The van der Waals surface area contributed by atoms with Crippen molar-refractivity contribution < 1.29 is 9.59 Å². The van der Waals surface area contributed by atoms with E-state index in [1.54, 1.807) is 0 Å². The number of rotatable bonds is 2. The lowest BCUT2D eigenvalue weighted by Gasteiger charge is -2.16. The molecule has 112 valence electrons. The van der Waals surface area contributed by atoms with E-state index in [1.807, 2.05) is 42.5 Å². The molecule has 0 aliphatic rings. The van der Waals surface area contributed by atoms with Gasteiger partial charge in [0.25, 0.3) is 0 Å². The Morgan fingerprint density at radius 1 is 0.583 bits per heavy atom. The summed E-state index contributed by atoms with van der Waals surface area (Å²) in [6, 6.07) is 20.1. The van der Waals surface area contributed by atoms with Gasteiger partial charge in [-0.3, -0.25) is 9.59 Å². The molecule has 0 aliphatic carbocycles. The van der Waals surface area contributed by atoms with Crippen molar-refractivity contribution in [2.24, 2.45) is 0 Å². The average Bonchev–Trinajstić information content (AvgIpc) is 2.65. The van der Waals surface area contributed by atoms with Crippen LogP contribution in [0.2, 0.25) is 0 Å². The van der Waals surface area contributed by atoms with Gasteiger partial charge in [0.1, 0.15) is 0 Å². The molecule has 0 spiro atoms. The van der Waals surface area contributed by atoms with E-state index >= 15 is 0 Å². The van der Waals surface area contributed by atoms with Gasteiger partial charge in [0, 0.05) is 16.5 Å². The maximum atomic E-state index is 11.9. The molecule has 0 aromatic heterocycles. The molecule has 2 nitrogen and oxygen atoms in total. The van der Waals surface area contributed by atoms with Crippen LogP contribution in [0.3, 0.4) is 0 Å². The van der Waals surface area contributed by atoms with Gasteiger partial charge in [-0.15, -0.1) is 0 Å². The summed E-state index contributed by atoms with van der Waals surface area (Å²) in [5.74, 6) is 0. The van der Waals surface area contributed by atoms with E-state index in [1.165, 1.54) is 0 Å². The molecule has 0 amide bonds. The Balaban J connectivity index is 2.28. The Labute approximate surface area is 137 Å². The van der Waals surface area contributed by atoms with Crippen molar-refractivity contribution in [3.63, 3.8) is 0 Å². The Morgan fingerprint density at radius 2 is 1.38 bits per heavy atom. The third-order valence-electron chi connectivity index (χ3n) is 4.95. The number of carbonyl (C=O) groups excluding carboxylic acids is 2. The second kappa shape index (κ2) is 4.62. The normalized spacial score (nSPS) is 11.7. The van der Waals surface area contributed by atoms with Crippen molar-refractivity contribution in [3.05, 3.63) is 71.8 Å². The first-order chi connectivity index (χ1) is 11.8. The molecule has 5 aromatic carbocycles. The Morgan fingerprint density at radius 3 is 2.17 bits per heavy atom. The minimum absolute atomic E-state index is 0.569. The summed E-state index contributed by atoms with van der Waals surface area (Å²) in [4.78, 5) is 23.7. The summed E-state index contributed by atoms with van der Waals surface area (Å²) in [7, 11) is 0. The van der Waals surface area contributed by atoms with Gasteiger partial charge >= 0.3 is 0 Å². The first-order valence-corrected chi connectivity index (χ1v) is 7.86. The fourth-order valence-electron chi connectivity index (χ4n) is 3.99. The average molecular weight is 308 g/mol. The molecule has 0 atom stereocenters. The van der Waals surface area contributed by atoms with Crippen LogP contribution in [0.1, 0.15) is 20.7 Å². The fraction of sp³-hybridized carbons (Fsp3) is 0. The highest BCUT2D eigenvalue weighted by Crippen LogP contribution is 2.41. The number of fused-ring (bicyclic) bond motifs is 2. The van der Waals surface area contributed by atoms with Gasteiger partial charge in [-0.25, -0.2) is 0 Å². The lowest BCUT2D eigenvalue weighted by Crippen LogP contribution is -1.96. The predicted octanol–water partition coefficient (Wildman–Crippen LogP) is 5.36. The summed E-state index contributed by atoms with van der Waals surface area (Å²) in [6.45, 7) is 0. The molecule has 0 unspecified atom stereocenters. The molecule has 5 aromatic rings. The quantitative estimate of drug-likeness (QED) is 0.250. The Hall–Kier alpha value is -3.26. The third kappa shape index (κ3) is 1.50. The molecule has 0 fully saturated rings.